The number of aromatic nitrogens is 3. The van der Waals surface area contributed by atoms with Crippen LogP contribution >= 0.6 is 23.4 Å². The minimum atomic E-state index is -0.216. The number of halogens is 1. The molecule has 0 atom stereocenters. The van der Waals surface area contributed by atoms with Gasteiger partial charge in [0, 0.05) is 21.8 Å². The molecular weight excluding hydrogens is 386 g/mol. The van der Waals surface area contributed by atoms with Crippen LogP contribution in [0.1, 0.15) is 17.3 Å². The lowest BCUT2D eigenvalue weighted by molar-refractivity contribution is -0.113. The lowest BCUT2D eigenvalue weighted by Gasteiger charge is -2.06. The van der Waals surface area contributed by atoms with E-state index < -0.39 is 0 Å². The van der Waals surface area contributed by atoms with E-state index in [2.05, 4.69) is 15.5 Å². The minimum absolute atomic E-state index is 0.0257. The number of anilines is 1. The molecule has 0 bridgehead atoms. The van der Waals surface area contributed by atoms with Crippen molar-refractivity contribution in [1.29, 1.82) is 0 Å². The molecule has 0 aliphatic rings. The summed E-state index contributed by atoms with van der Waals surface area (Å²) in [6.07, 6.45) is 0. The van der Waals surface area contributed by atoms with Crippen molar-refractivity contribution in [3.05, 3.63) is 59.1 Å². The molecule has 1 amide bonds. The highest BCUT2D eigenvalue weighted by atomic mass is 35.5. The summed E-state index contributed by atoms with van der Waals surface area (Å²) in [5.74, 6) is 6.39. The van der Waals surface area contributed by atoms with Gasteiger partial charge in [-0.1, -0.05) is 23.4 Å². The second-order valence-corrected chi connectivity index (χ2v) is 7.03. The lowest BCUT2D eigenvalue weighted by Crippen LogP contribution is -2.16. The Morgan fingerprint density at radius 1 is 1.11 bits per heavy atom. The summed E-state index contributed by atoms with van der Waals surface area (Å²) in [5, 5.41) is 11.9. The van der Waals surface area contributed by atoms with Crippen molar-refractivity contribution < 1.29 is 9.59 Å². The topological polar surface area (TPSA) is 103 Å². The van der Waals surface area contributed by atoms with Crippen LogP contribution in [-0.4, -0.2) is 32.3 Å². The zero-order chi connectivity index (χ0) is 19.4. The number of hydrogen-bond donors (Lipinski definition) is 2. The Kier molecular flexibility index (Phi) is 5.78. The average Bonchev–Trinajstić information content (AvgIpc) is 3.02. The Bertz CT molecular complexity index is 970. The van der Waals surface area contributed by atoms with Crippen molar-refractivity contribution in [2.24, 2.45) is 0 Å². The van der Waals surface area contributed by atoms with Gasteiger partial charge in [-0.15, -0.1) is 10.2 Å². The maximum atomic E-state index is 12.1. The second-order valence-electron chi connectivity index (χ2n) is 5.65. The van der Waals surface area contributed by atoms with Gasteiger partial charge in [0.2, 0.25) is 11.1 Å². The third-order valence-corrected chi connectivity index (χ3v) is 4.87. The number of nitrogens with two attached hydrogens (primary N) is 1. The van der Waals surface area contributed by atoms with Crippen LogP contribution in [-0.2, 0) is 4.79 Å². The normalized spacial score (nSPS) is 10.6. The summed E-state index contributed by atoms with van der Waals surface area (Å²) >= 11 is 7.05. The first-order chi connectivity index (χ1) is 12.9. The molecule has 0 saturated heterocycles. The maximum Gasteiger partial charge on any atom is 0.234 e. The smallest absolute Gasteiger partial charge is 0.234 e. The zero-order valence-corrected chi connectivity index (χ0v) is 15.9. The van der Waals surface area contributed by atoms with Crippen LogP contribution in [0.25, 0.3) is 11.4 Å². The Morgan fingerprint density at radius 2 is 1.78 bits per heavy atom. The Balaban J connectivity index is 1.60. The number of nitrogens with zero attached hydrogens (tertiary/aromatic N) is 3. The molecule has 3 N–H and O–H groups in total. The summed E-state index contributed by atoms with van der Waals surface area (Å²) in [7, 11) is 0. The molecule has 0 unspecified atom stereocenters. The minimum Gasteiger partial charge on any atom is -0.335 e. The van der Waals surface area contributed by atoms with E-state index in [1.54, 1.807) is 48.5 Å². The molecule has 0 aliphatic carbocycles. The van der Waals surface area contributed by atoms with Crippen LogP contribution in [0.15, 0.2) is 53.7 Å². The molecule has 3 rings (SSSR count). The number of hydrogen-bond acceptors (Lipinski definition) is 6. The van der Waals surface area contributed by atoms with Crippen molar-refractivity contribution in [3.63, 3.8) is 0 Å². The number of Topliss-reactive ketones (excluding diaryl/α,β-unsaturated/α-hetero) is 1. The molecule has 0 fully saturated rings. The first-order valence-corrected chi connectivity index (χ1v) is 9.30. The van der Waals surface area contributed by atoms with Gasteiger partial charge in [-0.25, -0.2) is 4.68 Å². The van der Waals surface area contributed by atoms with Gasteiger partial charge in [-0.05, 0) is 55.5 Å². The molecule has 1 aromatic heterocycles. The number of rotatable bonds is 6. The monoisotopic (exact) mass is 401 g/mol. The zero-order valence-electron chi connectivity index (χ0n) is 14.3. The first kappa shape index (κ1) is 18.9. The van der Waals surface area contributed by atoms with Crippen LogP contribution in [0.2, 0.25) is 5.02 Å². The van der Waals surface area contributed by atoms with Gasteiger partial charge in [-0.2, -0.15) is 0 Å². The van der Waals surface area contributed by atoms with Crippen molar-refractivity contribution >= 4 is 40.7 Å². The summed E-state index contributed by atoms with van der Waals surface area (Å²) in [4.78, 5) is 23.4. The number of carbonyl (C=O) groups excluding carboxylic acids is 2. The van der Waals surface area contributed by atoms with Crippen molar-refractivity contribution in [3.8, 4) is 11.4 Å². The van der Waals surface area contributed by atoms with Gasteiger partial charge in [0.15, 0.2) is 11.6 Å². The van der Waals surface area contributed by atoms with E-state index in [-0.39, 0.29) is 17.4 Å². The van der Waals surface area contributed by atoms with E-state index in [9.17, 15) is 9.59 Å². The molecule has 2 aromatic carbocycles. The van der Waals surface area contributed by atoms with Gasteiger partial charge in [0.05, 0.1) is 5.75 Å². The van der Waals surface area contributed by atoms with Crippen molar-refractivity contribution in [2.75, 3.05) is 16.9 Å². The number of nitrogens with one attached hydrogen (secondary N) is 1. The molecule has 3 aromatic rings. The summed E-state index contributed by atoms with van der Waals surface area (Å²) in [6.45, 7) is 1.49. The molecule has 0 aliphatic heterocycles. The third kappa shape index (κ3) is 4.66. The Labute approximate surface area is 164 Å². The molecule has 0 radical (unpaired) electrons. The molecular formula is C18H16ClN5O2S. The summed E-state index contributed by atoms with van der Waals surface area (Å²) in [5.41, 5.74) is 1.98. The molecule has 7 nitrogen and oxygen atoms in total. The van der Waals surface area contributed by atoms with Crippen molar-refractivity contribution in [1.82, 2.24) is 14.9 Å². The predicted molar refractivity (Wildman–Crippen MR) is 106 cm³/mol. The van der Waals surface area contributed by atoms with Gasteiger partial charge >= 0.3 is 0 Å². The number of benzene rings is 2. The van der Waals surface area contributed by atoms with E-state index in [0.29, 0.717) is 27.3 Å². The van der Waals surface area contributed by atoms with E-state index in [1.807, 2.05) is 0 Å². The van der Waals surface area contributed by atoms with Gasteiger partial charge in [0.1, 0.15) is 0 Å². The predicted octanol–water partition coefficient (Wildman–Crippen LogP) is 3.25. The van der Waals surface area contributed by atoms with Crippen LogP contribution in [0, 0.1) is 0 Å². The number of amides is 1. The van der Waals surface area contributed by atoms with Gasteiger partial charge in [-0.3, -0.25) is 9.59 Å². The highest BCUT2D eigenvalue weighted by molar-refractivity contribution is 7.99. The van der Waals surface area contributed by atoms with Crippen molar-refractivity contribution in [2.45, 2.75) is 12.1 Å². The van der Waals surface area contributed by atoms with E-state index in [0.717, 1.165) is 5.56 Å². The number of carbonyl (C=O) groups is 2. The second kappa shape index (κ2) is 8.24. The highest BCUT2D eigenvalue weighted by Gasteiger charge is 2.14. The fourth-order valence-electron chi connectivity index (χ4n) is 2.29. The molecule has 1 heterocycles. The van der Waals surface area contributed by atoms with E-state index >= 15 is 0 Å². The van der Waals surface area contributed by atoms with Crippen LogP contribution < -0.4 is 11.2 Å². The van der Waals surface area contributed by atoms with Crippen LogP contribution in [0.4, 0.5) is 5.69 Å². The first-order valence-electron chi connectivity index (χ1n) is 7.94. The third-order valence-electron chi connectivity index (χ3n) is 3.67. The van der Waals surface area contributed by atoms with Gasteiger partial charge < -0.3 is 11.2 Å². The fraction of sp³-hybridized carbons (Fsp3) is 0.111. The summed E-state index contributed by atoms with van der Waals surface area (Å²) < 4.78 is 1.34. The fourth-order valence-corrected chi connectivity index (χ4v) is 3.07. The largest absolute Gasteiger partial charge is 0.335 e. The standard InChI is InChI=1S/C18H16ClN5O2S/c1-11(25)12-4-8-15(9-5-12)21-16(26)10-27-18-23-22-17(24(18)20)13-2-6-14(19)7-3-13/h2-9H,10,20H2,1H3,(H,21,26). The molecule has 138 valence electrons. The Morgan fingerprint density at radius 3 is 2.41 bits per heavy atom. The number of ketones is 1. The molecule has 0 spiro atoms. The van der Waals surface area contributed by atoms with Gasteiger partial charge in [0.25, 0.3) is 0 Å². The SMILES string of the molecule is CC(=O)c1ccc(NC(=O)CSc2nnc(-c3ccc(Cl)cc3)n2N)cc1. The van der Waals surface area contributed by atoms with Crippen LogP contribution in [0.5, 0.6) is 0 Å². The summed E-state index contributed by atoms with van der Waals surface area (Å²) in [6, 6.07) is 13.8. The average molecular weight is 402 g/mol. The molecule has 27 heavy (non-hydrogen) atoms. The number of nitrogen functional groups attached to an aromatic ring is 1. The number of thioether (sulfide) groups is 1. The molecule has 0 saturated carbocycles. The van der Waals surface area contributed by atoms with Crippen LogP contribution in [0.3, 0.4) is 0 Å². The lowest BCUT2D eigenvalue weighted by atomic mass is 10.1. The maximum absolute atomic E-state index is 12.1. The van der Waals surface area contributed by atoms with E-state index in [1.165, 1.54) is 23.4 Å². The van der Waals surface area contributed by atoms with E-state index in [4.69, 9.17) is 17.4 Å². The Hall–Kier alpha value is -2.84. The molecule has 9 heteroatoms. The quantitative estimate of drug-likeness (QED) is 0.373. The highest BCUT2D eigenvalue weighted by Crippen LogP contribution is 2.23.